The average molecular weight is 375 g/mol. The lowest BCUT2D eigenvalue weighted by Crippen LogP contribution is -2.49. The van der Waals surface area contributed by atoms with Gasteiger partial charge in [0, 0.05) is 32.1 Å². The summed E-state index contributed by atoms with van der Waals surface area (Å²) in [4.78, 5) is 29.8. The molecule has 1 aromatic carbocycles. The summed E-state index contributed by atoms with van der Waals surface area (Å²) < 4.78 is 5.58. The van der Waals surface area contributed by atoms with Crippen LogP contribution in [0.1, 0.15) is 58.1 Å². The molecule has 0 aromatic heterocycles. The predicted molar refractivity (Wildman–Crippen MR) is 108 cm³/mol. The normalized spacial score (nSPS) is 20.1. The lowest BCUT2D eigenvalue weighted by molar-refractivity contribution is -0.147. The fourth-order valence-corrected chi connectivity index (χ4v) is 4.02. The van der Waals surface area contributed by atoms with E-state index in [9.17, 15) is 9.59 Å². The van der Waals surface area contributed by atoms with Crippen molar-refractivity contribution >= 4 is 11.8 Å². The molecule has 1 aromatic rings. The molecule has 27 heavy (non-hydrogen) atoms. The van der Waals surface area contributed by atoms with Gasteiger partial charge in [0.25, 0.3) is 0 Å². The maximum absolute atomic E-state index is 13.3. The molecule has 1 aliphatic heterocycles. The van der Waals surface area contributed by atoms with E-state index >= 15 is 0 Å². The van der Waals surface area contributed by atoms with Crippen molar-refractivity contribution in [3.63, 3.8) is 0 Å². The Labute approximate surface area is 163 Å². The molecule has 2 amide bonds. The van der Waals surface area contributed by atoms with E-state index in [0.29, 0.717) is 25.3 Å². The maximum atomic E-state index is 13.3. The van der Waals surface area contributed by atoms with Crippen LogP contribution in [0.4, 0.5) is 0 Å². The SMILES string of the molecule is CCCCN1C(=O)CCC(C(=O)N(C)CC(C)C)C1c1ccccc1OC. The molecule has 0 aliphatic carbocycles. The van der Waals surface area contributed by atoms with Gasteiger partial charge >= 0.3 is 0 Å². The molecule has 150 valence electrons. The van der Waals surface area contributed by atoms with Crippen LogP contribution in [-0.2, 0) is 9.59 Å². The number of unbranched alkanes of at least 4 members (excludes halogenated alkanes) is 1. The molecule has 5 nitrogen and oxygen atoms in total. The zero-order chi connectivity index (χ0) is 20.0. The smallest absolute Gasteiger partial charge is 0.227 e. The first kappa shape index (κ1) is 21.3. The molecule has 1 aliphatic rings. The zero-order valence-electron chi connectivity index (χ0n) is 17.4. The number of piperidine rings is 1. The van der Waals surface area contributed by atoms with E-state index in [0.717, 1.165) is 30.7 Å². The molecule has 2 atom stereocenters. The molecule has 0 N–H and O–H groups in total. The third kappa shape index (κ3) is 5.02. The van der Waals surface area contributed by atoms with Crippen LogP contribution >= 0.6 is 0 Å². The van der Waals surface area contributed by atoms with Crippen LogP contribution in [0.5, 0.6) is 5.75 Å². The summed E-state index contributed by atoms with van der Waals surface area (Å²) in [6.45, 7) is 7.73. The Kier molecular flexibility index (Phi) is 7.69. The van der Waals surface area contributed by atoms with Crippen LogP contribution in [-0.4, -0.2) is 48.9 Å². The second kappa shape index (κ2) is 9.77. The summed E-state index contributed by atoms with van der Waals surface area (Å²) in [6.07, 6.45) is 2.96. The number of hydrogen-bond acceptors (Lipinski definition) is 3. The van der Waals surface area contributed by atoms with E-state index in [-0.39, 0.29) is 23.8 Å². The second-order valence-electron chi connectivity index (χ2n) is 7.89. The van der Waals surface area contributed by atoms with Crippen LogP contribution in [0.25, 0.3) is 0 Å². The number of rotatable bonds is 8. The highest BCUT2D eigenvalue weighted by molar-refractivity contribution is 5.85. The molecule has 0 bridgehead atoms. The van der Waals surface area contributed by atoms with E-state index in [1.807, 2.05) is 41.1 Å². The Morgan fingerprint density at radius 2 is 2.04 bits per heavy atom. The minimum atomic E-state index is -0.268. The van der Waals surface area contributed by atoms with Crippen molar-refractivity contribution in [2.75, 3.05) is 27.2 Å². The maximum Gasteiger partial charge on any atom is 0.227 e. The largest absolute Gasteiger partial charge is 0.496 e. The van der Waals surface area contributed by atoms with E-state index in [2.05, 4.69) is 20.8 Å². The summed E-state index contributed by atoms with van der Waals surface area (Å²) in [7, 11) is 3.51. The third-order valence-corrected chi connectivity index (χ3v) is 5.25. The van der Waals surface area contributed by atoms with Crippen LogP contribution < -0.4 is 4.74 Å². The first-order chi connectivity index (χ1) is 12.9. The third-order valence-electron chi connectivity index (χ3n) is 5.25. The van der Waals surface area contributed by atoms with Gasteiger partial charge in [-0.05, 0) is 24.8 Å². The standard InChI is InChI=1S/C22H34N2O3/c1-6-7-14-24-20(25)13-12-18(22(26)23(4)15-16(2)3)21(24)17-10-8-9-11-19(17)27-5/h8-11,16,18,21H,6-7,12-15H2,1-5H3. The number of methoxy groups -OCH3 is 1. The molecular formula is C22H34N2O3. The van der Waals surface area contributed by atoms with Gasteiger partial charge in [-0.1, -0.05) is 45.4 Å². The lowest BCUT2D eigenvalue weighted by atomic mass is 9.82. The van der Waals surface area contributed by atoms with Crippen molar-refractivity contribution in [3.8, 4) is 5.75 Å². The van der Waals surface area contributed by atoms with Crippen LogP contribution in [0.3, 0.4) is 0 Å². The van der Waals surface area contributed by atoms with Crippen LogP contribution in [0, 0.1) is 11.8 Å². The van der Waals surface area contributed by atoms with E-state index in [1.54, 1.807) is 7.11 Å². The summed E-state index contributed by atoms with van der Waals surface area (Å²) in [6, 6.07) is 7.51. The summed E-state index contributed by atoms with van der Waals surface area (Å²) in [5.41, 5.74) is 0.931. The number of ether oxygens (including phenoxy) is 1. The van der Waals surface area contributed by atoms with Gasteiger partial charge in [-0.25, -0.2) is 0 Å². The monoisotopic (exact) mass is 374 g/mol. The fraction of sp³-hybridized carbons (Fsp3) is 0.636. The molecule has 1 heterocycles. The molecule has 2 rings (SSSR count). The summed E-state index contributed by atoms with van der Waals surface area (Å²) in [5.74, 6) is 1.16. The van der Waals surface area contributed by atoms with Gasteiger partial charge in [-0.3, -0.25) is 9.59 Å². The molecule has 1 fully saturated rings. The number of hydrogen-bond donors (Lipinski definition) is 0. The summed E-state index contributed by atoms with van der Waals surface area (Å²) in [5, 5.41) is 0. The molecule has 0 radical (unpaired) electrons. The molecule has 5 heteroatoms. The summed E-state index contributed by atoms with van der Waals surface area (Å²) >= 11 is 0. The lowest BCUT2D eigenvalue weighted by Gasteiger charge is -2.42. The van der Waals surface area contributed by atoms with Gasteiger partial charge in [0.05, 0.1) is 19.1 Å². The first-order valence-corrected chi connectivity index (χ1v) is 10.1. The number of carbonyl (C=O) groups excluding carboxylic acids is 2. The van der Waals surface area contributed by atoms with Crippen molar-refractivity contribution in [1.82, 2.24) is 9.80 Å². The highest BCUT2D eigenvalue weighted by Gasteiger charge is 2.42. The van der Waals surface area contributed by atoms with Crippen LogP contribution in [0.2, 0.25) is 0 Å². The second-order valence-corrected chi connectivity index (χ2v) is 7.89. The fourth-order valence-electron chi connectivity index (χ4n) is 4.02. The quantitative estimate of drug-likeness (QED) is 0.694. The zero-order valence-corrected chi connectivity index (χ0v) is 17.4. The van der Waals surface area contributed by atoms with Gasteiger partial charge < -0.3 is 14.5 Å². The van der Waals surface area contributed by atoms with Gasteiger partial charge in [0.15, 0.2) is 0 Å². The number of para-hydroxylation sites is 1. The Bertz CT molecular complexity index is 644. The molecule has 1 saturated heterocycles. The van der Waals surface area contributed by atoms with Crippen molar-refractivity contribution in [2.24, 2.45) is 11.8 Å². The number of amides is 2. The molecule has 2 unspecified atom stereocenters. The van der Waals surface area contributed by atoms with E-state index < -0.39 is 0 Å². The Morgan fingerprint density at radius 1 is 1.33 bits per heavy atom. The highest BCUT2D eigenvalue weighted by Crippen LogP contribution is 2.41. The van der Waals surface area contributed by atoms with Gasteiger partial charge in [0.1, 0.15) is 5.75 Å². The van der Waals surface area contributed by atoms with Crippen molar-refractivity contribution in [3.05, 3.63) is 29.8 Å². The minimum absolute atomic E-state index is 0.119. The van der Waals surface area contributed by atoms with Gasteiger partial charge in [-0.15, -0.1) is 0 Å². The Hall–Kier alpha value is -2.04. The molecule has 0 spiro atoms. The van der Waals surface area contributed by atoms with Gasteiger partial charge in [0.2, 0.25) is 11.8 Å². The topological polar surface area (TPSA) is 49.9 Å². The van der Waals surface area contributed by atoms with Crippen molar-refractivity contribution < 1.29 is 14.3 Å². The Balaban J connectivity index is 2.43. The highest BCUT2D eigenvalue weighted by atomic mass is 16.5. The van der Waals surface area contributed by atoms with E-state index in [4.69, 9.17) is 4.74 Å². The average Bonchev–Trinajstić information content (AvgIpc) is 2.65. The number of carbonyl (C=O) groups is 2. The number of likely N-dealkylation sites (tertiary alicyclic amines) is 1. The number of nitrogens with zero attached hydrogens (tertiary/aromatic N) is 2. The van der Waals surface area contributed by atoms with Gasteiger partial charge in [-0.2, -0.15) is 0 Å². The van der Waals surface area contributed by atoms with Crippen molar-refractivity contribution in [1.29, 1.82) is 0 Å². The number of benzene rings is 1. The predicted octanol–water partition coefficient (Wildman–Crippen LogP) is 3.89. The van der Waals surface area contributed by atoms with Crippen molar-refractivity contribution in [2.45, 2.75) is 52.5 Å². The van der Waals surface area contributed by atoms with E-state index in [1.165, 1.54) is 0 Å². The molecule has 0 saturated carbocycles. The van der Waals surface area contributed by atoms with Crippen LogP contribution in [0.15, 0.2) is 24.3 Å². The molecular weight excluding hydrogens is 340 g/mol. The first-order valence-electron chi connectivity index (χ1n) is 10.1. The Morgan fingerprint density at radius 3 is 2.67 bits per heavy atom. The minimum Gasteiger partial charge on any atom is -0.496 e.